The van der Waals surface area contributed by atoms with E-state index in [2.05, 4.69) is 15.3 Å². The van der Waals surface area contributed by atoms with Crippen molar-refractivity contribution in [3.05, 3.63) is 83.4 Å². The first kappa shape index (κ1) is 29.3. The van der Waals surface area contributed by atoms with Crippen molar-refractivity contribution in [1.29, 1.82) is 0 Å². The maximum atomic E-state index is 14.6. The van der Waals surface area contributed by atoms with Crippen molar-refractivity contribution >= 4 is 15.9 Å². The average molecular weight is 589 g/mol. The molecule has 0 bridgehead atoms. The minimum Gasteiger partial charge on any atom is -0.486 e. The Morgan fingerprint density at radius 1 is 1.12 bits per heavy atom. The van der Waals surface area contributed by atoms with Crippen LogP contribution in [0, 0.1) is 11.6 Å². The molecule has 3 heterocycles. The molecule has 0 aliphatic carbocycles. The molecule has 4 rings (SSSR count). The monoisotopic (exact) mass is 588 g/mol. The summed E-state index contributed by atoms with van der Waals surface area (Å²) in [6.07, 6.45) is -4.16. The molecular weight excluding hydrogens is 566 g/mol. The number of benzene rings is 1. The standard InChI is InChI=1S/C25H22F6N4O4S/c1-14-20(27)8-22(35(14)40(37,38)19-4-2-17(26)3-5-19)24(36)34-11-18-7-23(21(28)12-33-18)39-13-15-6-16(10-32-9-15)25(29,30)31/h2-7,9-10,12,14,20,22H,8,11,13H2,1H3,(H,34,36)/t14-,20+,22-/m0/s1. The van der Waals surface area contributed by atoms with Gasteiger partial charge in [0, 0.05) is 30.4 Å². The summed E-state index contributed by atoms with van der Waals surface area (Å²) in [7, 11) is -4.37. The zero-order valence-electron chi connectivity index (χ0n) is 20.7. The van der Waals surface area contributed by atoms with Crippen LogP contribution in [0.25, 0.3) is 0 Å². The Bertz CT molecular complexity index is 1490. The van der Waals surface area contributed by atoms with Gasteiger partial charge < -0.3 is 10.1 Å². The van der Waals surface area contributed by atoms with Crippen molar-refractivity contribution in [2.45, 2.75) is 55.8 Å². The predicted molar refractivity (Wildman–Crippen MR) is 128 cm³/mol. The van der Waals surface area contributed by atoms with Gasteiger partial charge in [0.25, 0.3) is 0 Å². The number of carbonyl (C=O) groups excluding carboxylic acids is 1. The van der Waals surface area contributed by atoms with Gasteiger partial charge in [0.15, 0.2) is 11.6 Å². The number of hydrogen-bond donors (Lipinski definition) is 1. The van der Waals surface area contributed by atoms with Crippen LogP contribution in [-0.2, 0) is 34.1 Å². The van der Waals surface area contributed by atoms with Crippen LogP contribution in [-0.4, -0.2) is 46.9 Å². The van der Waals surface area contributed by atoms with E-state index in [9.17, 15) is 39.6 Å². The van der Waals surface area contributed by atoms with Crippen molar-refractivity contribution in [1.82, 2.24) is 19.6 Å². The number of ether oxygens (including phenoxy) is 1. The van der Waals surface area contributed by atoms with Crippen LogP contribution in [0.3, 0.4) is 0 Å². The molecule has 8 nitrogen and oxygen atoms in total. The number of halogens is 6. The highest BCUT2D eigenvalue weighted by molar-refractivity contribution is 7.89. The lowest BCUT2D eigenvalue weighted by molar-refractivity contribution is -0.137. The molecule has 0 saturated carbocycles. The highest BCUT2D eigenvalue weighted by Gasteiger charge is 2.49. The van der Waals surface area contributed by atoms with Crippen LogP contribution in [0.1, 0.15) is 30.2 Å². The maximum Gasteiger partial charge on any atom is 0.417 e. The summed E-state index contributed by atoms with van der Waals surface area (Å²) in [6.45, 7) is 0.536. The number of aromatic nitrogens is 2. The predicted octanol–water partition coefficient (Wildman–Crippen LogP) is 4.16. The fraction of sp³-hybridized carbons (Fsp3) is 0.320. The van der Waals surface area contributed by atoms with Gasteiger partial charge in [0.05, 0.1) is 34.9 Å². The molecule has 0 spiro atoms. The first-order valence-corrected chi connectivity index (χ1v) is 13.2. The molecule has 1 aromatic carbocycles. The van der Waals surface area contributed by atoms with E-state index >= 15 is 0 Å². The van der Waals surface area contributed by atoms with E-state index in [1.54, 1.807) is 0 Å². The summed E-state index contributed by atoms with van der Waals surface area (Å²) in [4.78, 5) is 20.0. The Balaban J connectivity index is 1.45. The molecule has 1 amide bonds. The van der Waals surface area contributed by atoms with Gasteiger partial charge in [0.2, 0.25) is 15.9 Å². The Hall–Kier alpha value is -3.72. The van der Waals surface area contributed by atoms with Gasteiger partial charge in [-0.1, -0.05) is 0 Å². The largest absolute Gasteiger partial charge is 0.486 e. The molecule has 1 N–H and O–H groups in total. The quantitative estimate of drug-likeness (QED) is 0.397. The number of amides is 1. The lowest BCUT2D eigenvalue weighted by Crippen LogP contribution is -2.48. The van der Waals surface area contributed by atoms with Crippen molar-refractivity contribution in [2.75, 3.05) is 0 Å². The van der Waals surface area contributed by atoms with E-state index in [1.165, 1.54) is 6.92 Å². The van der Waals surface area contributed by atoms with Gasteiger partial charge in [0.1, 0.15) is 24.6 Å². The van der Waals surface area contributed by atoms with Crippen LogP contribution in [0.2, 0.25) is 0 Å². The van der Waals surface area contributed by atoms with Gasteiger partial charge in [-0.05, 0) is 37.3 Å². The summed E-state index contributed by atoms with van der Waals surface area (Å²) >= 11 is 0. The summed E-state index contributed by atoms with van der Waals surface area (Å²) in [5.74, 6) is -2.80. The summed E-state index contributed by atoms with van der Waals surface area (Å²) in [5.41, 5.74) is -0.901. The van der Waals surface area contributed by atoms with Crippen LogP contribution < -0.4 is 10.1 Å². The lowest BCUT2D eigenvalue weighted by atomic mass is 10.1. The molecule has 1 fully saturated rings. The van der Waals surface area contributed by atoms with Gasteiger partial charge in [-0.15, -0.1) is 0 Å². The van der Waals surface area contributed by atoms with Crippen molar-refractivity contribution in [3.8, 4) is 5.75 Å². The molecule has 0 radical (unpaired) electrons. The summed E-state index contributed by atoms with van der Waals surface area (Å²) in [5, 5.41) is 2.44. The van der Waals surface area contributed by atoms with Gasteiger partial charge >= 0.3 is 6.18 Å². The zero-order chi connectivity index (χ0) is 29.2. The fourth-order valence-corrected chi connectivity index (χ4v) is 5.95. The topological polar surface area (TPSA) is 101 Å². The molecule has 40 heavy (non-hydrogen) atoms. The number of sulfonamides is 1. The van der Waals surface area contributed by atoms with Crippen LogP contribution in [0.4, 0.5) is 26.3 Å². The van der Waals surface area contributed by atoms with Crippen LogP contribution >= 0.6 is 0 Å². The molecule has 1 aliphatic rings. The van der Waals surface area contributed by atoms with Crippen molar-refractivity contribution in [2.24, 2.45) is 0 Å². The number of carbonyl (C=O) groups is 1. The Labute approximate surface area is 225 Å². The highest BCUT2D eigenvalue weighted by atomic mass is 32.2. The molecule has 2 aromatic heterocycles. The van der Waals surface area contributed by atoms with E-state index in [1.807, 2.05) is 0 Å². The van der Waals surface area contributed by atoms with E-state index in [-0.39, 0.29) is 28.4 Å². The minimum atomic E-state index is -4.62. The van der Waals surface area contributed by atoms with Crippen LogP contribution in [0.15, 0.2) is 59.9 Å². The van der Waals surface area contributed by atoms with Gasteiger partial charge in [-0.25, -0.2) is 21.6 Å². The van der Waals surface area contributed by atoms with E-state index in [4.69, 9.17) is 4.74 Å². The first-order valence-electron chi connectivity index (χ1n) is 11.8. The van der Waals surface area contributed by atoms with Crippen molar-refractivity contribution < 1.29 is 44.3 Å². The average Bonchev–Trinajstić information content (AvgIpc) is 3.22. The lowest BCUT2D eigenvalue weighted by Gasteiger charge is -2.26. The highest BCUT2D eigenvalue weighted by Crippen LogP contribution is 2.33. The third-order valence-corrected chi connectivity index (χ3v) is 8.22. The number of hydrogen-bond acceptors (Lipinski definition) is 6. The molecule has 0 unspecified atom stereocenters. The summed E-state index contributed by atoms with van der Waals surface area (Å²) in [6, 6.07) is 3.19. The molecular formula is C25H22F6N4O4S. The third kappa shape index (κ3) is 6.36. The Morgan fingerprint density at radius 2 is 1.82 bits per heavy atom. The molecule has 214 valence electrons. The number of nitrogens with one attached hydrogen (secondary N) is 1. The summed E-state index contributed by atoms with van der Waals surface area (Å²) < 4.78 is 113. The number of nitrogens with zero attached hydrogens (tertiary/aromatic N) is 3. The smallest absolute Gasteiger partial charge is 0.417 e. The minimum absolute atomic E-state index is 0.0273. The fourth-order valence-electron chi connectivity index (χ4n) is 4.14. The third-order valence-electron chi connectivity index (χ3n) is 6.21. The maximum absolute atomic E-state index is 14.6. The number of rotatable bonds is 8. The van der Waals surface area contributed by atoms with Gasteiger partial charge in [-0.3, -0.25) is 14.8 Å². The Morgan fingerprint density at radius 3 is 2.50 bits per heavy atom. The van der Waals surface area contributed by atoms with E-state index < -0.39 is 70.6 Å². The second kappa shape index (κ2) is 11.4. The second-order valence-electron chi connectivity index (χ2n) is 8.99. The molecule has 15 heteroatoms. The molecule has 3 aromatic rings. The molecule has 1 saturated heterocycles. The second-order valence-corrected chi connectivity index (χ2v) is 10.8. The molecule has 1 aliphatic heterocycles. The number of alkyl halides is 4. The molecule has 3 atom stereocenters. The zero-order valence-corrected chi connectivity index (χ0v) is 21.5. The van der Waals surface area contributed by atoms with Crippen molar-refractivity contribution in [3.63, 3.8) is 0 Å². The normalized spacial score (nSPS) is 19.9. The number of pyridine rings is 2. The Kier molecular flexibility index (Phi) is 8.35. The van der Waals surface area contributed by atoms with Gasteiger partial charge in [-0.2, -0.15) is 17.5 Å². The first-order chi connectivity index (χ1) is 18.8. The SMILES string of the molecule is C[C@H]1[C@H](F)C[C@@H](C(=O)NCc2cc(OCc3cncc(C(F)(F)F)c3)c(F)cn2)N1S(=O)(=O)c1ccc(F)cc1. The van der Waals surface area contributed by atoms with E-state index in [0.29, 0.717) is 6.20 Å². The van der Waals surface area contributed by atoms with E-state index in [0.717, 1.165) is 53.1 Å². The van der Waals surface area contributed by atoms with Crippen LogP contribution in [0.5, 0.6) is 5.75 Å².